The predicted molar refractivity (Wildman–Crippen MR) is 38.9 cm³/mol. The quantitative estimate of drug-likeness (QED) is 0.578. The zero-order chi connectivity index (χ0) is 7.98. The zero-order valence-electron chi connectivity index (χ0n) is 6.37. The van der Waals surface area contributed by atoms with E-state index in [1.807, 2.05) is 0 Å². The Balaban J connectivity index is 3.20. The molecule has 2 N–H and O–H groups in total. The average Bonchev–Trinajstić information content (AvgIpc) is 1.87. The van der Waals surface area contributed by atoms with Gasteiger partial charge in [0.15, 0.2) is 0 Å². The second kappa shape index (κ2) is 5.26. The molecule has 0 amide bonds. The smallest absolute Gasteiger partial charge is 0.0803 e. The monoisotopic (exact) mass is 146 g/mol. The van der Waals surface area contributed by atoms with Crippen LogP contribution in [0.2, 0.25) is 0 Å². The lowest BCUT2D eigenvalue weighted by Gasteiger charge is -2.04. The highest BCUT2D eigenvalue weighted by molar-refractivity contribution is 4.91. The van der Waals surface area contributed by atoms with E-state index in [4.69, 9.17) is 14.9 Å². The van der Waals surface area contributed by atoms with E-state index in [1.165, 1.54) is 0 Å². The van der Waals surface area contributed by atoms with Gasteiger partial charge in [0.25, 0.3) is 0 Å². The Kier molecular flexibility index (Phi) is 4.98. The van der Waals surface area contributed by atoms with E-state index in [0.29, 0.717) is 13.2 Å². The summed E-state index contributed by atoms with van der Waals surface area (Å²) in [4.78, 5) is 0. The molecule has 0 radical (unpaired) electrons. The third-order valence-corrected chi connectivity index (χ3v) is 0.909. The Morgan fingerprint density at radius 2 is 2.30 bits per heavy atom. The van der Waals surface area contributed by atoms with E-state index in [2.05, 4.69) is 0 Å². The van der Waals surface area contributed by atoms with Crippen LogP contribution in [0.25, 0.3) is 0 Å². The minimum absolute atomic E-state index is 0.311. The number of rotatable bonds is 4. The highest BCUT2D eigenvalue weighted by Crippen LogP contribution is 1.92. The lowest BCUT2D eigenvalue weighted by atomic mass is 10.4. The van der Waals surface area contributed by atoms with Gasteiger partial charge >= 0.3 is 0 Å². The molecule has 1 unspecified atom stereocenters. The van der Waals surface area contributed by atoms with Crippen LogP contribution in [0, 0.1) is 0 Å². The van der Waals surface area contributed by atoms with Crippen LogP contribution in [-0.4, -0.2) is 29.5 Å². The first-order valence-corrected chi connectivity index (χ1v) is 3.22. The Morgan fingerprint density at radius 3 is 2.70 bits per heavy atom. The molecule has 0 rings (SSSR count). The fourth-order valence-electron chi connectivity index (χ4n) is 0.428. The molecule has 0 aliphatic rings. The van der Waals surface area contributed by atoms with Crippen LogP contribution in [0.3, 0.4) is 0 Å². The van der Waals surface area contributed by atoms with Crippen molar-refractivity contribution in [1.29, 1.82) is 0 Å². The fraction of sp³-hybridized carbons (Fsp3) is 0.714. The minimum atomic E-state index is -0.438. The summed E-state index contributed by atoms with van der Waals surface area (Å²) in [5.74, 6) is 0. The molecule has 0 aliphatic heterocycles. The summed E-state index contributed by atoms with van der Waals surface area (Å²) < 4.78 is 4.97. The van der Waals surface area contributed by atoms with Gasteiger partial charge in [-0.3, -0.25) is 0 Å². The maximum absolute atomic E-state index is 8.73. The molecule has 0 heterocycles. The van der Waals surface area contributed by atoms with Gasteiger partial charge in [0.2, 0.25) is 0 Å². The second-order valence-electron chi connectivity index (χ2n) is 2.34. The molecule has 0 spiro atoms. The summed E-state index contributed by atoms with van der Waals surface area (Å²) in [6.07, 6.45) is 0.564. The van der Waals surface area contributed by atoms with Crippen LogP contribution >= 0.6 is 0 Å². The van der Waals surface area contributed by atoms with Crippen LogP contribution in [0.15, 0.2) is 11.8 Å². The highest BCUT2D eigenvalue weighted by Gasteiger charge is 1.94. The summed E-state index contributed by atoms with van der Waals surface area (Å²) in [6, 6.07) is 0. The molecule has 3 heteroatoms. The standard InChI is InChI=1S/C7H14O3/c1-6(3-8)4-10-5-7(2)9/h3,7-9H,4-5H2,1-2H3/b6-3+. The molecular formula is C7H14O3. The summed E-state index contributed by atoms with van der Waals surface area (Å²) in [6.45, 7) is 4.09. The third-order valence-electron chi connectivity index (χ3n) is 0.909. The van der Waals surface area contributed by atoms with Gasteiger partial charge in [-0.15, -0.1) is 0 Å². The third kappa shape index (κ3) is 5.59. The Labute approximate surface area is 60.9 Å². The maximum Gasteiger partial charge on any atom is 0.0803 e. The normalized spacial score (nSPS) is 15.3. The van der Waals surface area contributed by atoms with Gasteiger partial charge in [-0.1, -0.05) is 0 Å². The van der Waals surface area contributed by atoms with Gasteiger partial charge in [-0.25, -0.2) is 0 Å². The molecule has 0 saturated heterocycles. The van der Waals surface area contributed by atoms with Gasteiger partial charge in [0.1, 0.15) is 0 Å². The Morgan fingerprint density at radius 1 is 1.70 bits per heavy atom. The van der Waals surface area contributed by atoms with E-state index in [9.17, 15) is 0 Å². The van der Waals surface area contributed by atoms with Gasteiger partial charge in [-0.2, -0.15) is 0 Å². The summed E-state index contributed by atoms with van der Waals surface area (Å²) >= 11 is 0. The van der Waals surface area contributed by atoms with Crippen LogP contribution in [-0.2, 0) is 4.74 Å². The number of aliphatic hydroxyl groups is 2. The van der Waals surface area contributed by atoms with Crippen molar-refractivity contribution in [3.05, 3.63) is 11.8 Å². The summed E-state index contributed by atoms with van der Waals surface area (Å²) in [5.41, 5.74) is 0.751. The first kappa shape index (κ1) is 9.46. The Bertz CT molecular complexity index is 107. The number of aliphatic hydroxyl groups excluding tert-OH is 2. The van der Waals surface area contributed by atoms with Crippen molar-refractivity contribution in [2.45, 2.75) is 20.0 Å². The van der Waals surface area contributed by atoms with Crippen molar-refractivity contribution >= 4 is 0 Å². The first-order chi connectivity index (χ1) is 4.66. The van der Waals surface area contributed by atoms with Gasteiger partial charge in [-0.05, 0) is 19.4 Å². The molecule has 0 aliphatic carbocycles. The van der Waals surface area contributed by atoms with Crippen molar-refractivity contribution in [3.63, 3.8) is 0 Å². The van der Waals surface area contributed by atoms with Crippen LogP contribution in [0.5, 0.6) is 0 Å². The van der Waals surface area contributed by atoms with E-state index < -0.39 is 6.10 Å². The predicted octanol–water partition coefficient (Wildman–Crippen LogP) is 0.846. The Hall–Kier alpha value is -0.540. The van der Waals surface area contributed by atoms with Crippen molar-refractivity contribution < 1.29 is 14.9 Å². The van der Waals surface area contributed by atoms with Crippen molar-refractivity contribution in [2.75, 3.05) is 13.2 Å². The van der Waals surface area contributed by atoms with E-state index in [0.717, 1.165) is 11.8 Å². The number of ether oxygens (including phenoxy) is 1. The molecule has 0 aromatic carbocycles. The summed E-state index contributed by atoms with van der Waals surface area (Å²) in [5, 5.41) is 17.1. The average molecular weight is 146 g/mol. The second-order valence-corrected chi connectivity index (χ2v) is 2.34. The molecule has 0 fully saturated rings. The molecule has 0 saturated carbocycles. The molecule has 0 bridgehead atoms. The zero-order valence-corrected chi connectivity index (χ0v) is 6.37. The largest absolute Gasteiger partial charge is 0.516 e. The number of hydrogen-bond acceptors (Lipinski definition) is 3. The van der Waals surface area contributed by atoms with E-state index in [-0.39, 0.29) is 0 Å². The minimum Gasteiger partial charge on any atom is -0.516 e. The molecule has 0 aromatic heterocycles. The number of hydrogen-bond donors (Lipinski definition) is 2. The molecule has 3 nitrogen and oxygen atoms in total. The topological polar surface area (TPSA) is 49.7 Å². The SMILES string of the molecule is C/C(=C\O)COCC(C)O. The maximum atomic E-state index is 8.73. The van der Waals surface area contributed by atoms with E-state index >= 15 is 0 Å². The molecule has 0 aromatic rings. The van der Waals surface area contributed by atoms with Crippen LogP contribution < -0.4 is 0 Å². The van der Waals surface area contributed by atoms with Crippen LogP contribution in [0.4, 0.5) is 0 Å². The molecule has 1 atom stereocenters. The lowest BCUT2D eigenvalue weighted by Crippen LogP contribution is -2.11. The highest BCUT2D eigenvalue weighted by atomic mass is 16.5. The fourth-order valence-corrected chi connectivity index (χ4v) is 0.428. The van der Waals surface area contributed by atoms with Gasteiger partial charge < -0.3 is 14.9 Å². The molecule has 10 heavy (non-hydrogen) atoms. The van der Waals surface area contributed by atoms with Crippen LogP contribution in [0.1, 0.15) is 13.8 Å². The van der Waals surface area contributed by atoms with E-state index in [1.54, 1.807) is 13.8 Å². The molecule has 60 valence electrons. The van der Waals surface area contributed by atoms with Gasteiger partial charge in [0.05, 0.1) is 25.6 Å². The van der Waals surface area contributed by atoms with Crippen molar-refractivity contribution in [1.82, 2.24) is 0 Å². The molecular weight excluding hydrogens is 132 g/mol. The van der Waals surface area contributed by atoms with Crippen molar-refractivity contribution in [3.8, 4) is 0 Å². The lowest BCUT2D eigenvalue weighted by molar-refractivity contribution is 0.0564. The first-order valence-electron chi connectivity index (χ1n) is 3.22. The van der Waals surface area contributed by atoms with Gasteiger partial charge in [0, 0.05) is 0 Å². The summed E-state index contributed by atoms with van der Waals surface area (Å²) in [7, 11) is 0. The van der Waals surface area contributed by atoms with Crippen molar-refractivity contribution in [2.24, 2.45) is 0 Å².